The molecular formula is C14H21NO3. The topological polar surface area (TPSA) is 57.6 Å². The molecule has 0 spiro atoms. The van der Waals surface area contributed by atoms with Crippen LogP contribution in [0.15, 0.2) is 12.2 Å². The van der Waals surface area contributed by atoms with Gasteiger partial charge in [0, 0.05) is 13.1 Å². The van der Waals surface area contributed by atoms with E-state index in [1.807, 2.05) is 26.0 Å². The summed E-state index contributed by atoms with van der Waals surface area (Å²) >= 11 is 0. The minimum Gasteiger partial charge on any atom is -0.481 e. The summed E-state index contributed by atoms with van der Waals surface area (Å²) < 4.78 is 0. The summed E-state index contributed by atoms with van der Waals surface area (Å²) in [5.41, 5.74) is 0. The third-order valence-corrected chi connectivity index (χ3v) is 4.63. The first-order valence-electron chi connectivity index (χ1n) is 6.65. The molecule has 0 aromatic rings. The highest BCUT2D eigenvalue weighted by Gasteiger charge is 2.52. The molecule has 1 N–H and O–H groups in total. The van der Waals surface area contributed by atoms with E-state index in [9.17, 15) is 14.7 Å². The fraction of sp³-hybridized carbons (Fsp3) is 0.714. The molecule has 5 atom stereocenters. The van der Waals surface area contributed by atoms with Gasteiger partial charge in [0.15, 0.2) is 0 Å². The molecule has 0 heterocycles. The highest BCUT2D eigenvalue weighted by Crippen LogP contribution is 2.48. The molecular weight excluding hydrogens is 230 g/mol. The maximum Gasteiger partial charge on any atom is 0.307 e. The normalized spacial score (nSPS) is 34.6. The molecule has 0 aliphatic heterocycles. The third kappa shape index (κ3) is 1.93. The second kappa shape index (κ2) is 4.75. The third-order valence-electron chi connectivity index (χ3n) is 4.63. The molecule has 4 heteroatoms. The van der Waals surface area contributed by atoms with Crippen molar-refractivity contribution in [3.63, 3.8) is 0 Å². The maximum absolute atomic E-state index is 12.5. The Kier molecular flexibility index (Phi) is 3.46. The van der Waals surface area contributed by atoms with E-state index in [4.69, 9.17) is 0 Å². The summed E-state index contributed by atoms with van der Waals surface area (Å²) in [4.78, 5) is 25.6. The first-order valence-corrected chi connectivity index (χ1v) is 6.65. The number of carbonyl (C=O) groups is 2. The number of aliphatic carboxylic acids is 1. The summed E-state index contributed by atoms with van der Waals surface area (Å²) in [6, 6.07) is 0.162. The van der Waals surface area contributed by atoms with E-state index in [0.717, 1.165) is 12.8 Å². The predicted octanol–water partition coefficient (Wildman–Crippen LogP) is 1.77. The lowest BCUT2D eigenvalue weighted by Gasteiger charge is -2.31. The number of hydrogen-bond acceptors (Lipinski definition) is 2. The lowest BCUT2D eigenvalue weighted by molar-refractivity contribution is -0.151. The molecule has 100 valence electrons. The van der Waals surface area contributed by atoms with E-state index in [1.54, 1.807) is 11.9 Å². The molecule has 1 amide bonds. The van der Waals surface area contributed by atoms with Crippen LogP contribution in [-0.2, 0) is 9.59 Å². The zero-order valence-electron chi connectivity index (χ0n) is 11.2. The van der Waals surface area contributed by atoms with Gasteiger partial charge in [0.2, 0.25) is 5.91 Å². The van der Waals surface area contributed by atoms with Gasteiger partial charge < -0.3 is 10.0 Å². The number of hydrogen-bond donors (Lipinski definition) is 1. The van der Waals surface area contributed by atoms with Gasteiger partial charge in [-0.3, -0.25) is 9.59 Å². The van der Waals surface area contributed by atoms with E-state index in [-0.39, 0.29) is 29.7 Å². The van der Waals surface area contributed by atoms with Gasteiger partial charge in [0.25, 0.3) is 0 Å². The number of amides is 1. The summed E-state index contributed by atoms with van der Waals surface area (Å²) in [7, 11) is 1.78. The first-order chi connectivity index (χ1) is 8.47. The minimum atomic E-state index is -0.831. The van der Waals surface area contributed by atoms with Crippen LogP contribution in [0.4, 0.5) is 0 Å². The van der Waals surface area contributed by atoms with Crippen LogP contribution >= 0.6 is 0 Å². The number of fused-ring (bicyclic) bond motifs is 2. The highest BCUT2D eigenvalue weighted by molar-refractivity contribution is 5.87. The first kappa shape index (κ1) is 13.1. The van der Waals surface area contributed by atoms with Crippen molar-refractivity contribution in [3.05, 3.63) is 12.2 Å². The smallest absolute Gasteiger partial charge is 0.307 e. The van der Waals surface area contributed by atoms with Crippen LogP contribution < -0.4 is 0 Å². The van der Waals surface area contributed by atoms with Crippen LogP contribution in [0.3, 0.4) is 0 Å². The molecule has 0 radical (unpaired) electrons. The predicted molar refractivity (Wildman–Crippen MR) is 67.9 cm³/mol. The number of carbonyl (C=O) groups excluding carboxylic acids is 1. The van der Waals surface area contributed by atoms with Crippen LogP contribution in [-0.4, -0.2) is 35.0 Å². The van der Waals surface area contributed by atoms with Gasteiger partial charge >= 0.3 is 5.97 Å². The summed E-state index contributed by atoms with van der Waals surface area (Å²) in [5, 5.41) is 9.33. The fourth-order valence-corrected chi connectivity index (χ4v) is 3.22. The van der Waals surface area contributed by atoms with Gasteiger partial charge in [-0.1, -0.05) is 19.1 Å². The van der Waals surface area contributed by atoms with Gasteiger partial charge in [-0.2, -0.15) is 0 Å². The molecule has 1 saturated carbocycles. The number of allylic oxidation sites excluding steroid dienone is 2. The zero-order valence-corrected chi connectivity index (χ0v) is 11.2. The molecule has 0 aromatic carbocycles. The van der Waals surface area contributed by atoms with Crippen LogP contribution in [0.2, 0.25) is 0 Å². The fourth-order valence-electron chi connectivity index (χ4n) is 3.22. The summed E-state index contributed by atoms with van der Waals surface area (Å²) in [5.74, 6) is -1.56. The molecule has 2 rings (SSSR count). The van der Waals surface area contributed by atoms with Gasteiger partial charge in [0.05, 0.1) is 11.8 Å². The van der Waals surface area contributed by atoms with Crippen molar-refractivity contribution in [3.8, 4) is 0 Å². The minimum absolute atomic E-state index is 0.00593. The Morgan fingerprint density at radius 3 is 2.39 bits per heavy atom. The van der Waals surface area contributed by atoms with E-state index >= 15 is 0 Å². The quantitative estimate of drug-likeness (QED) is 0.775. The Labute approximate surface area is 108 Å². The van der Waals surface area contributed by atoms with Gasteiger partial charge in [-0.05, 0) is 31.6 Å². The maximum atomic E-state index is 12.5. The largest absolute Gasteiger partial charge is 0.481 e. The number of rotatable bonds is 4. The lowest BCUT2D eigenvalue weighted by Crippen LogP contribution is -2.44. The number of nitrogens with zero attached hydrogens (tertiary/aromatic N) is 1. The van der Waals surface area contributed by atoms with Crippen molar-refractivity contribution in [2.45, 2.75) is 32.7 Å². The number of carboxylic acids is 1. The summed E-state index contributed by atoms with van der Waals surface area (Å²) in [6.45, 7) is 4.03. The van der Waals surface area contributed by atoms with Gasteiger partial charge in [-0.25, -0.2) is 0 Å². The zero-order chi connectivity index (χ0) is 13.4. The molecule has 4 nitrogen and oxygen atoms in total. The monoisotopic (exact) mass is 251 g/mol. The van der Waals surface area contributed by atoms with Crippen molar-refractivity contribution in [1.29, 1.82) is 0 Å². The van der Waals surface area contributed by atoms with Crippen LogP contribution in [0.1, 0.15) is 26.7 Å². The Bertz CT molecular complexity index is 391. The highest BCUT2D eigenvalue weighted by atomic mass is 16.4. The van der Waals surface area contributed by atoms with Gasteiger partial charge in [-0.15, -0.1) is 0 Å². The average Bonchev–Trinajstić information content (AvgIpc) is 2.95. The molecule has 18 heavy (non-hydrogen) atoms. The molecule has 1 fully saturated rings. The Morgan fingerprint density at radius 2 is 1.89 bits per heavy atom. The van der Waals surface area contributed by atoms with Gasteiger partial charge in [0.1, 0.15) is 0 Å². The van der Waals surface area contributed by atoms with E-state index in [1.165, 1.54) is 0 Å². The van der Waals surface area contributed by atoms with E-state index < -0.39 is 11.9 Å². The molecule has 2 bridgehead atoms. The second-order valence-electron chi connectivity index (χ2n) is 5.54. The van der Waals surface area contributed by atoms with Crippen molar-refractivity contribution in [2.24, 2.45) is 23.7 Å². The van der Waals surface area contributed by atoms with Crippen molar-refractivity contribution in [1.82, 2.24) is 4.90 Å². The molecule has 0 saturated heterocycles. The van der Waals surface area contributed by atoms with E-state index in [0.29, 0.717) is 0 Å². The van der Waals surface area contributed by atoms with Crippen LogP contribution in [0, 0.1) is 23.7 Å². The van der Waals surface area contributed by atoms with Crippen LogP contribution in [0.5, 0.6) is 0 Å². The van der Waals surface area contributed by atoms with Crippen LogP contribution in [0.25, 0.3) is 0 Å². The molecule has 2 aliphatic carbocycles. The van der Waals surface area contributed by atoms with Crippen molar-refractivity contribution in [2.75, 3.05) is 7.05 Å². The van der Waals surface area contributed by atoms with Crippen molar-refractivity contribution < 1.29 is 14.7 Å². The standard InChI is InChI=1S/C14H21NO3/c1-4-8(2)15(3)13(16)11-9-5-6-10(7-9)12(11)14(17)18/h5-6,8-12H,4,7H2,1-3H3,(H,17,18). The molecule has 5 unspecified atom stereocenters. The number of carboxylic acid groups (broad SMARTS) is 1. The van der Waals surface area contributed by atoms with E-state index in [2.05, 4.69) is 0 Å². The summed E-state index contributed by atoms with van der Waals surface area (Å²) in [6.07, 6.45) is 5.70. The second-order valence-corrected chi connectivity index (χ2v) is 5.54. The molecule has 2 aliphatic rings. The Hall–Kier alpha value is -1.32. The Balaban J connectivity index is 2.19. The SMILES string of the molecule is CCC(C)N(C)C(=O)C1C2C=CC(C2)C1C(=O)O. The average molecular weight is 251 g/mol. The van der Waals surface area contributed by atoms with Crippen molar-refractivity contribution >= 4 is 11.9 Å². The molecule has 0 aromatic heterocycles. The Morgan fingerprint density at radius 1 is 1.33 bits per heavy atom. The lowest BCUT2D eigenvalue weighted by atomic mass is 9.82.